The van der Waals surface area contributed by atoms with Gasteiger partial charge in [-0.2, -0.15) is 0 Å². The van der Waals surface area contributed by atoms with Crippen LogP contribution < -0.4 is 20.1 Å². The van der Waals surface area contributed by atoms with Crippen LogP contribution in [0.15, 0.2) is 58.5 Å². The van der Waals surface area contributed by atoms with Crippen molar-refractivity contribution in [3.05, 3.63) is 64.7 Å². The molecule has 0 spiro atoms. The maximum Gasteiger partial charge on any atom is 0.319 e. The van der Waals surface area contributed by atoms with E-state index in [-0.39, 0.29) is 17.2 Å². The molecule has 0 saturated carbocycles. The molecule has 10 heteroatoms. The fourth-order valence-corrected chi connectivity index (χ4v) is 4.73. The highest BCUT2D eigenvalue weighted by molar-refractivity contribution is 7.94. The molecule has 2 amide bonds. The van der Waals surface area contributed by atoms with Gasteiger partial charge in [-0.1, -0.05) is 17.7 Å². The monoisotopic (exact) mass is 474 g/mol. The van der Waals surface area contributed by atoms with Crippen LogP contribution in [0.25, 0.3) is 0 Å². The van der Waals surface area contributed by atoms with E-state index in [0.29, 0.717) is 17.1 Å². The van der Waals surface area contributed by atoms with Crippen LogP contribution in [0.4, 0.5) is 4.79 Å². The number of benzene rings is 2. The van der Waals surface area contributed by atoms with Crippen molar-refractivity contribution in [2.45, 2.75) is 24.8 Å². The summed E-state index contributed by atoms with van der Waals surface area (Å²) in [6.45, 7) is 3.56. The molecule has 0 aliphatic carbocycles. The lowest BCUT2D eigenvalue weighted by molar-refractivity contribution is -0.147. The van der Waals surface area contributed by atoms with Crippen LogP contribution in [0, 0.1) is 12.8 Å². The number of urea groups is 1. The summed E-state index contributed by atoms with van der Waals surface area (Å²) in [7, 11) is -1.03. The van der Waals surface area contributed by atoms with E-state index in [9.17, 15) is 18.0 Å². The van der Waals surface area contributed by atoms with E-state index in [2.05, 4.69) is 10.6 Å². The zero-order valence-corrected chi connectivity index (χ0v) is 19.6. The Labute approximate surface area is 192 Å². The van der Waals surface area contributed by atoms with Gasteiger partial charge >= 0.3 is 12.0 Å². The molecule has 1 aliphatic heterocycles. The average molecular weight is 475 g/mol. The van der Waals surface area contributed by atoms with Gasteiger partial charge in [0.2, 0.25) is 9.84 Å². The van der Waals surface area contributed by atoms with Crippen molar-refractivity contribution >= 4 is 21.8 Å². The van der Waals surface area contributed by atoms with Gasteiger partial charge in [0.05, 0.1) is 37.2 Å². The number of methoxy groups -OCH3 is 2. The van der Waals surface area contributed by atoms with Crippen molar-refractivity contribution < 1.29 is 32.2 Å². The summed E-state index contributed by atoms with van der Waals surface area (Å²) in [6.07, 6.45) is 0. The fraction of sp³-hybridized carbons (Fsp3) is 0.304. The molecule has 3 rings (SSSR count). The number of rotatable bonds is 7. The number of aryl methyl sites for hydroxylation is 1. The summed E-state index contributed by atoms with van der Waals surface area (Å²) < 4.78 is 42.0. The molecule has 33 heavy (non-hydrogen) atoms. The van der Waals surface area contributed by atoms with Crippen LogP contribution >= 0.6 is 0 Å². The number of sulfone groups is 1. The first-order valence-electron chi connectivity index (χ1n) is 10.2. The largest absolute Gasteiger partial charge is 0.497 e. The smallest absolute Gasteiger partial charge is 0.319 e. The number of hydrogen-bond acceptors (Lipinski definition) is 7. The minimum absolute atomic E-state index is 0.0366. The topological polar surface area (TPSA) is 120 Å². The van der Waals surface area contributed by atoms with Crippen LogP contribution in [0.3, 0.4) is 0 Å². The van der Waals surface area contributed by atoms with Gasteiger partial charge in [-0.25, -0.2) is 13.2 Å². The Kier molecular flexibility index (Phi) is 7.27. The van der Waals surface area contributed by atoms with Crippen molar-refractivity contribution in [1.82, 2.24) is 10.6 Å². The van der Waals surface area contributed by atoms with Crippen molar-refractivity contribution in [1.29, 1.82) is 0 Å². The summed E-state index contributed by atoms with van der Waals surface area (Å²) in [5.74, 6) is -0.985. The fourth-order valence-electron chi connectivity index (χ4n) is 3.54. The lowest BCUT2D eigenvalue weighted by atomic mass is 9.88. The van der Waals surface area contributed by atoms with Crippen molar-refractivity contribution in [2.24, 2.45) is 5.92 Å². The number of amides is 2. The van der Waals surface area contributed by atoms with Gasteiger partial charge in [-0.05, 0) is 38.1 Å². The minimum Gasteiger partial charge on any atom is -0.497 e. The highest BCUT2D eigenvalue weighted by Gasteiger charge is 2.42. The van der Waals surface area contributed by atoms with Crippen molar-refractivity contribution in [3.8, 4) is 11.5 Å². The van der Waals surface area contributed by atoms with E-state index in [4.69, 9.17) is 14.2 Å². The minimum atomic E-state index is -3.98. The number of carbonyl (C=O) groups excluding carboxylic acids is 2. The number of nitrogens with one attached hydrogen (secondary N) is 2. The molecule has 2 atom stereocenters. The SMILES string of the molecule is CCOC(=O)[C@@H]1/C(=C\S(=O)(=O)c2ccc(C)cc2)NC(=O)N[C@@H]1c1ccc(OC)cc1OC. The molecular formula is C23H26N2O7S. The Morgan fingerprint density at radius 2 is 1.79 bits per heavy atom. The van der Waals surface area contributed by atoms with Gasteiger partial charge < -0.3 is 24.8 Å². The highest BCUT2D eigenvalue weighted by atomic mass is 32.2. The molecule has 0 aromatic heterocycles. The third kappa shape index (κ3) is 5.28. The molecule has 1 saturated heterocycles. The zero-order valence-electron chi connectivity index (χ0n) is 18.7. The summed E-state index contributed by atoms with van der Waals surface area (Å²) in [5, 5.41) is 6.06. The summed E-state index contributed by atoms with van der Waals surface area (Å²) in [6, 6.07) is 9.56. The van der Waals surface area contributed by atoms with E-state index in [1.807, 2.05) is 6.92 Å². The molecule has 1 fully saturated rings. The maximum atomic E-state index is 13.1. The van der Waals surface area contributed by atoms with Crippen LogP contribution in [0.2, 0.25) is 0 Å². The zero-order chi connectivity index (χ0) is 24.2. The number of ether oxygens (including phenoxy) is 3. The number of esters is 1. The van der Waals surface area contributed by atoms with Crippen LogP contribution in [-0.2, 0) is 19.4 Å². The predicted octanol–water partition coefficient (Wildman–Crippen LogP) is 2.86. The normalized spacial score (nSPS) is 19.4. The van der Waals surface area contributed by atoms with E-state index < -0.39 is 33.8 Å². The molecule has 0 bridgehead atoms. The lowest BCUT2D eigenvalue weighted by Crippen LogP contribution is -2.51. The first-order chi connectivity index (χ1) is 15.7. The molecule has 1 aliphatic rings. The lowest BCUT2D eigenvalue weighted by Gasteiger charge is -2.34. The molecule has 1 heterocycles. The van der Waals surface area contributed by atoms with Gasteiger partial charge in [0.25, 0.3) is 0 Å². The molecule has 0 radical (unpaired) electrons. The third-order valence-corrected chi connectivity index (χ3v) is 6.65. The standard InChI is InChI=1S/C23H26N2O7S/c1-5-32-22(26)20-18(13-33(28,29)16-9-6-14(2)7-10-16)24-23(27)25-21(20)17-11-8-15(30-3)12-19(17)31-4/h6-13,20-21H,5H2,1-4H3,(H2,24,25,27)/b18-13+/t20-,21-/m1/s1. The van der Waals surface area contributed by atoms with Gasteiger partial charge in [-0.3, -0.25) is 4.79 Å². The summed E-state index contributed by atoms with van der Waals surface area (Å²) >= 11 is 0. The molecule has 2 aromatic rings. The van der Waals surface area contributed by atoms with Gasteiger partial charge in [0.15, 0.2) is 0 Å². The first kappa shape index (κ1) is 24.1. The van der Waals surface area contributed by atoms with Crippen LogP contribution in [0.5, 0.6) is 11.5 Å². The quantitative estimate of drug-likeness (QED) is 0.592. The van der Waals surface area contributed by atoms with Crippen LogP contribution in [0.1, 0.15) is 24.1 Å². The van der Waals surface area contributed by atoms with E-state index in [1.165, 1.54) is 26.4 Å². The molecule has 176 valence electrons. The number of hydrogen-bond donors (Lipinski definition) is 2. The first-order valence-corrected chi connectivity index (χ1v) is 11.7. The highest BCUT2D eigenvalue weighted by Crippen LogP contribution is 2.38. The number of carbonyl (C=O) groups is 2. The maximum absolute atomic E-state index is 13.1. The van der Waals surface area contributed by atoms with Crippen molar-refractivity contribution in [2.75, 3.05) is 20.8 Å². The Morgan fingerprint density at radius 3 is 2.39 bits per heavy atom. The molecule has 2 N–H and O–H groups in total. The Morgan fingerprint density at radius 1 is 1.09 bits per heavy atom. The van der Waals surface area contributed by atoms with E-state index in [0.717, 1.165) is 11.0 Å². The Balaban J connectivity index is 2.14. The van der Waals surface area contributed by atoms with Crippen molar-refractivity contribution in [3.63, 3.8) is 0 Å². The average Bonchev–Trinajstić information content (AvgIpc) is 2.78. The second kappa shape index (κ2) is 9.95. The summed E-state index contributed by atoms with van der Waals surface area (Å²) in [5.41, 5.74) is 1.26. The second-order valence-corrected chi connectivity index (χ2v) is 9.14. The van der Waals surface area contributed by atoms with E-state index in [1.54, 1.807) is 37.3 Å². The second-order valence-electron chi connectivity index (χ2n) is 7.34. The Hall–Kier alpha value is -3.53. The Bertz CT molecular complexity index is 1170. The predicted molar refractivity (Wildman–Crippen MR) is 121 cm³/mol. The third-order valence-electron chi connectivity index (χ3n) is 5.16. The van der Waals surface area contributed by atoms with Crippen LogP contribution in [-0.4, -0.2) is 41.2 Å². The summed E-state index contributed by atoms with van der Waals surface area (Å²) in [4.78, 5) is 25.5. The molecule has 0 unspecified atom stereocenters. The molecular weight excluding hydrogens is 448 g/mol. The van der Waals surface area contributed by atoms with E-state index >= 15 is 0 Å². The van der Waals surface area contributed by atoms with Gasteiger partial charge in [0.1, 0.15) is 17.4 Å². The molecule has 9 nitrogen and oxygen atoms in total. The van der Waals surface area contributed by atoms with Gasteiger partial charge in [0, 0.05) is 17.3 Å². The molecule has 2 aromatic carbocycles. The van der Waals surface area contributed by atoms with Gasteiger partial charge in [-0.15, -0.1) is 0 Å².